The van der Waals surface area contributed by atoms with Crippen LogP contribution in [0.25, 0.3) is 17.3 Å². The lowest BCUT2D eigenvalue weighted by Crippen LogP contribution is -2.30. The molecule has 0 saturated heterocycles. The van der Waals surface area contributed by atoms with Crippen LogP contribution in [0.5, 0.6) is 0 Å². The van der Waals surface area contributed by atoms with Gasteiger partial charge in [-0.1, -0.05) is 48.5 Å². The molecule has 3 aromatic carbocycles. The van der Waals surface area contributed by atoms with Crippen LogP contribution in [0, 0.1) is 0 Å². The van der Waals surface area contributed by atoms with E-state index in [0.29, 0.717) is 22.1 Å². The normalized spacial score (nSPS) is 11.9. The van der Waals surface area contributed by atoms with Crippen LogP contribution in [0.4, 0.5) is 10.8 Å². The summed E-state index contributed by atoms with van der Waals surface area (Å²) < 4.78 is 5.34. The number of anilines is 2. The van der Waals surface area contributed by atoms with Gasteiger partial charge in [0.2, 0.25) is 5.91 Å². The molecule has 1 atom stereocenters. The van der Waals surface area contributed by atoms with E-state index in [9.17, 15) is 14.4 Å². The van der Waals surface area contributed by atoms with Crippen molar-refractivity contribution < 1.29 is 18.8 Å². The summed E-state index contributed by atoms with van der Waals surface area (Å²) in [5.41, 5.74) is 2.78. The number of thiazole rings is 1. The molecule has 42 heavy (non-hydrogen) atoms. The van der Waals surface area contributed by atoms with Crippen molar-refractivity contribution in [3.8, 4) is 11.3 Å². The van der Waals surface area contributed by atoms with Gasteiger partial charge in [0.05, 0.1) is 17.2 Å². The summed E-state index contributed by atoms with van der Waals surface area (Å²) in [6.07, 6.45) is 2.95. The number of amides is 3. The summed E-state index contributed by atoms with van der Waals surface area (Å²) in [4.78, 5) is 44.0. The molecule has 3 N–H and O–H groups in total. The fourth-order valence-electron chi connectivity index (χ4n) is 3.81. The van der Waals surface area contributed by atoms with Crippen molar-refractivity contribution in [3.05, 3.63) is 126 Å². The quantitative estimate of drug-likeness (QED) is 0.119. The highest BCUT2D eigenvalue weighted by Crippen LogP contribution is 2.28. The lowest BCUT2D eigenvalue weighted by Gasteiger charge is -2.13. The second kappa shape index (κ2) is 13.6. The van der Waals surface area contributed by atoms with Gasteiger partial charge in [-0.25, -0.2) is 4.98 Å². The van der Waals surface area contributed by atoms with Gasteiger partial charge in [-0.2, -0.15) is 0 Å². The monoisotopic (exact) mass is 594 g/mol. The average molecular weight is 595 g/mol. The molecule has 2 heterocycles. The van der Waals surface area contributed by atoms with Gasteiger partial charge in [0.25, 0.3) is 11.8 Å². The topological polar surface area (TPSA) is 113 Å². The predicted molar refractivity (Wildman–Crippen MR) is 167 cm³/mol. The first-order valence-electron chi connectivity index (χ1n) is 13.0. The predicted octanol–water partition coefficient (Wildman–Crippen LogP) is 6.93. The Morgan fingerprint density at radius 2 is 1.60 bits per heavy atom. The molecule has 0 aliphatic carbocycles. The number of hydrogen-bond donors (Lipinski definition) is 3. The molecule has 0 saturated carbocycles. The highest BCUT2D eigenvalue weighted by atomic mass is 32.2. The third-order valence-corrected chi connectivity index (χ3v) is 7.83. The zero-order chi connectivity index (χ0) is 29.3. The highest BCUT2D eigenvalue weighted by molar-refractivity contribution is 8.00. The number of aromatic nitrogens is 1. The van der Waals surface area contributed by atoms with Gasteiger partial charge in [-0.05, 0) is 55.5 Å². The number of thioether (sulfide) groups is 1. The summed E-state index contributed by atoms with van der Waals surface area (Å²) in [5, 5.41) is 10.4. The molecule has 0 fully saturated rings. The molecule has 0 radical (unpaired) electrons. The maximum Gasteiger partial charge on any atom is 0.272 e. The first-order valence-corrected chi connectivity index (χ1v) is 14.7. The lowest BCUT2D eigenvalue weighted by atomic mass is 10.2. The molecule has 10 heteroatoms. The summed E-state index contributed by atoms with van der Waals surface area (Å²) >= 11 is 2.77. The zero-order valence-electron chi connectivity index (χ0n) is 22.4. The van der Waals surface area contributed by atoms with E-state index in [0.717, 1.165) is 16.2 Å². The van der Waals surface area contributed by atoms with Crippen LogP contribution in [-0.4, -0.2) is 28.0 Å². The van der Waals surface area contributed by atoms with Gasteiger partial charge in [0.15, 0.2) is 5.13 Å². The zero-order valence-corrected chi connectivity index (χ0v) is 24.1. The van der Waals surface area contributed by atoms with Crippen molar-refractivity contribution in [2.24, 2.45) is 0 Å². The number of rotatable bonds is 10. The van der Waals surface area contributed by atoms with E-state index in [2.05, 4.69) is 20.9 Å². The van der Waals surface area contributed by atoms with Gasteiger partial charge in [-0.3, -0.25) is 14.4 Å². The van der Waals surface area contributed by atoms with Gasteiger partial charge >= 0.3 is 0 Å². The molecule has 3 amide bonds. The summed E-state index contributed by atoms with van der Waals surface area (Å²) in [6.45, 7) is 1.82. The summed E-state index contributed by atoms with van der Waals surface area (Å²) in [5.74, 6) is -0.673. The van der Waals surface area contributed by atoms with E-state index in [1.807, 2.05) is 54.8 Å². The third-order valence-electron chi connectivity index (χ3n) is 5.96. The van der Waals surface area contributed by atoms with Crippen LogP contribution in [0.2, 0.25) is 0 Å². The minimum Gasteiger partial charge on any atom is -0.465 e. The molecule has 0 aliphatic heterocycles. The van der Waals surface area contributed by atoms with Gasteiger partial charge < -0.3 is 20.4 Å². The Labute approximate surface area is 250 Å². The first kappa shape index (κ1) is 28.6. The summed E-state index contributed by atoms with van der Waals surface area (Å²) in [6, 6.07) is 28.9. The number of nitrogens with one attached hydrogen (secondary N) is 3. The van der Waals surface area contributed by atoms with Crippen LogP contribution in [-0.2, 0) is 9.59 Å². The van der Waals surface area contributed by atoms with Crippen LogP contribution in [0.3, 0.4) is 0 Å². The highest BCUT2D eigenvalue weighted by Gasteiger charge is 2.18. The first-order chi connectivity index (χ1) is 20.4. The minimum absolute atomic E-state index is 0.0279. The van der Waals surface area contributed by atoms with Crippen LogP contribution >= 0.6 is 23.1 Å². The number of benzene rings is 3. The molecule has 8 nitrogen and oxygen atoms in total. The Kier molecular flexibility index (Phi) is 9.27. The lowest BCUT2D eigenvalue weighted by molar-refractivity contribution is -0.115. The number of carbonyl (C=O) groups excluding carboxylic acids is 3. The molecule has 210 valence electrons. The van der Waals surface area contributed by atoms with Crippen molar-refractivity contribution >= 4 is 57.7 Å². The fraction of sp³-hybridized carbons (Fsp3) is 0.0625. The second-order valence-electron chi connectivity index (χ2n) is 9.03. The largest absolute Gasteiger partial charge is 0.465 e. The molecular weight excluding hydrogens is 569 g/mol. The molecule has 0 bridgehead atoms. The molecule has 5 rings (SSSR count). The van der Waals surface area contributed by atoms with E-state index >= 15 is 0 Å². The van der Waals surface area contributed by atoms with Crippen molar-refractivity contribution in [2.45, 2.75) is 17.1 Å². The SMILES string of the molecule is CC(Sc1ccc(NC(=O)/C(=C/c2ccco2)NC(=O)c2ccccc2)cc1)C(=O)Nc1nc(-c2ccccc2)cs1. The van der Waals surface area contributed by atoms with Crippen molar-refractivity contribution in [1.82, 2.24) is 10.3 Å². The van der Waals surface area contributed by atoms with E-state index in [-0.39, 0.29) is 16.9 Å². The van der Waals surface area contributed by atoms with Gasteiger partial charge in [0, 0.05) is 33.2 Å². The number of furan rings is 1. The molecule has 2 aromatic heterocycles. The van der Waals surface area contributed by atoms with Gasteiger partial charge in [0.1, 0.15) is 11.5 Å². The molecule has 0 spiro atoms. The summed E-state index contributed by atoms with van der Waals surface area (Å²) in [7, 11) is 0. The standard InChI is InChI=1S/C32H26N4O4S2/c1-21(29(37)36-32-35-28(20-41-32)22-9-4-2-5-10-22)42-26-16-14-24(15-17-26)33-31(39)27(19-25-13-8-18-40-25)34-30(38)23-11-6-3-7-12-23/h2-21H,1H3,(H,33,39)(H,34,38)(H,35,36,37)/b27-19-. The van der Waals surface area contributed by atoms with Crippen LogP contribution in [0.1, 0.15) is 23.0 Å². The third kappa shape index (κ3) is 7.62. The molecule has 1 unspecified atom stereocenters. The number of hydrogen-bond acceptors (Lipinski definition) is 7. The average Bonchev–Trinajstić information content (AvgIpc) is 3.71. The Hall–Kier alpha value is -4.93. The molecule has 5 aromatic rings. The van der Waals surface area contributed by atoms with Crippen LogP contribution < -0.4 is 16.0 Å². The van der Waals surface area contributed by atoms with E-state index in [1.54, 1.807) is 54.6 Å². The molecule has 0 aliphatic rings. The fourth-order valence-corrected chi connectivity index (χ4v) is 5.40. The van der Waals surface area contributed by atoms with Gasteiger partial charge in [-0.15, -0.1) is 23.1 Å². The maximum absolute atomic E-state index is 13.1. The minimum atomic E-state index is -0.512. The second-order valence-corrected chi connectivity index (χ2v) is 11.3. The van der Waals surface area contributed by atoms with E-state index < -0.39 is 11.8 Å². The Balaban J connectivity index is 1.19. The Morgan fingerprint density at radius 1 is 0.881 bits per heavy atom. The van der Waals surface area contributed by atoms with Crippen molar-refractivity contribution in [3.63, 3.8) is 0 Å². The Bertz CT molecular complexity index is 1680. The van der Waals surface area contributed by atoms with Crippen LogP contribution in [0.15, 0.2) is 124 Å². The smallest absolute Gasteiger partial charge is 0.272 e. The number of nitrogens with zero attached hydrogens (tertiary/aromatic N) is 1. The maximum atomic E-state index is 13.1. The van der Waals surface area contributed by atoms with E-state index in [4.69, 9.17) is 4.42 Å². The van der Waals surface area contributed by atoms with Crippen molar-refractivity contribution in [1.29, 1.82) is 0 Å². The Morgan fingerprint density at radius 3 is 2.29 bits per heavy atom. The van der Waals surface area contributed by atoms with E-state index in [1.165, 1.54) is 35.4 Å². The molecular formula is C32H26N4O4S2. The van der Waals surface area contributed by atoms with Crippen molar-refractivity contribution in [2.75, 3.05) is 10.6 Å². The number of carbonyl (C=O) groups is 3.